The van der Waals surface area contributed by atoms with E-state index in [1.807, 2.05) is 11.4 Å². The molecular weight excluding hydrogens is 226 g/mol. The van der Waals surface area contributed by atoms with Crippen LogP contribution in [0.5, 0.6) is 0 Å². The molecule has 0 bridgehead atoms. The van der Waals surface area contributed by atoms with Crippen molar-refractivity contribution in [3.8, 4) is 5.82 Å². The standard InChI is InChI=1S/C8H7N7S/c9-14-8-12-6(15-4-10-3-11-15)5-1-2-16-7(5)13-8/h1-4H,9H2,(H,12,13,14). The van der Waals surface area contributed by atoms with Crippen molar-refractivity contribution in [2.24, 2.45) is 5.84 Å². The lowest BCUT2D eigenvalue weighted by molar-refractivity contribution is 0.850. The summed E-state index contributed by atoms with van der Waals surface area (Å²) < 4.78 is 1.58. The van der Waals surface area contributed by atoms with Gasteiger partial charge in [-0.1, -0.05) is 0 Å². The van der Waals surface area contributed by atoms with E-state index in [0.717, 1.165) is 10.2 Å². The van der Waals surface area contributed by atoms with Crippen molar-refractivity contribution >= 4 is 27.5 Å². The topological polar surface area (TPSA) is 94.5 Å². The molecule has 3 aromatic rings. The monoisotopic (exact) mass is 233 g/mol. The molecule has 7 nitrogen and oxygen atoms in total. The number of thiophene rings is 1. The van der Waals surface area contributed by atoms with Crippen LogP contribution in [0.2, 0.25) is 0 Å². The normalized spacial score (nSPS) is 10.8. The van der Waals surface area contributed by atoms with Crippen LogP contribution in [0.4, 0.5) is 5.95 Å². The first kappa shape index (κ1) is 9.19. The Balaban J connectivity index is 2.33. The number of hydrogen-bond donors (Lipinski definition) is 2. The second kappa shape index (κ2) is 3.51. The summed E-state index contributed by atoms with van der Waals surface area (Å²) in [5.74, 6) is 6.34. The molecular formula is C8H7N7S. The Morgan fingerprint density at radius 2 is 2.31 bits per heavy atom. The van der Waals surface area contributed by atoms with E-state index in [9.17, 15) is 0 Å². The summed E-state index contributed by atoms with van der Waals surface area (Å²) in [5.41, 5.74) is 2.43. The van der Waals surface area contributed by atoms with Gasteiger partial charge in [-0.25, -0.2) is 20.5 Å². The van der Waals surface area contributed by atoms with Crippen LogP contribution < -0.4 is 11.3 Å². The zero-order chi connectivity index (χ0) is 11.0. The fourth-order valence-corrected chi connectivity index (χ4v) is 2.16. The van der Waals surface area contributed by atoms with Crippen LogP contribution in [0.1, 0.15) is 0 Å². The fraction of sp³-hybridized carbons (Fsp3) is 0. The van der Waals surface area contributed by atoms with E-state index in [-0.39, 0.29) is 0 Å². The van der Waals surface area contributed by atoms with Crippen LogP contribution in [0.15, 0.2) is 24.1 Å². The maximum absolute atomic E-state index is 5.32. The molecule has 0 amide bonds. The largest absolute Gasteiger partial charge is 0.292 e. The number of hydrogen-bond acceptors (Lipinski definition) is 7. The first-order chi connectivity index (χ1) is 7.88. The molecule has 0 aliphatic carbocycles. The van der Waals surface area contributed by atoms with E-state index in [4.69, 9.17) is 5.84 Å². The summed E-state index contributed by atoms with van der Waals surface area (Å²) in [4.78, 5) is 13.2. The molecule has 0 spiro atoms. The second-order valence-corrected chi connectivity index (χ2v) is 3.89. The lowest BCUT2D eigenvalue weighted by atomic mass is 10.4. The first-order valence-electron chi connectivity index (χ1n) is 4.45. The molecule has 3 N–H and O–H groups in total. The van der Waals surface area contributed by atoms with E-state index >= 15 is 0 Å². The van der Waals surface area contributed by atoms with Crippen LogP contribution in [-0.4, -0.2) is 24.7 Å². The first-order valence-corrected chi connectivity index (χ1v) is 5.33. The molecule has 0 atom stereocenters. The van der Waals surface area contributed by atoms with Gasteiger partial charge in [0.25, 0.3) is 0 Å². The van der Waals surface area contributed by atoms with Gasteiger partial charge in [0.1, 0.15) is 17.5 Å². The van der Waals surface area contributed by atoms with Gasteiger partial charge in [-0.3, -0.25) is 5.43 Å². The summed E-state index contributed by atoms with van der Waals surface area (Å²) in [5, 5.41) is 6.91. The molecule has 80 valence electrons. The van der Waals surface area contributed by atoms with Crippen molar-refractivity contribution in [1.82, 2.24) is 24.7 Å². The molecule has 8 heteroatoms. The van der Waals surface area contributed by atoms with Gasteiger partial charge in [0, 0.05) is 0 Å². The predicted molar refractivity (Wildman–Crippen MR) is 60.1 cm³/mol. The quantitative estimate of drug-likeness (QED) is 0.496. The molecule has 0 saturated heterocycles. The van der Waals surface area contributed by atoms with Crippen molar-refractivity contribution in [2.45, 2.75) is 0 Å². The van der Waals surface area contributed by atoms with Gasteiger partial charge in [0.05, 0.1) is 5.39 Å². The molecule has 0 fully saturated rings. The average Bonchev–Trinajstić information content (AvgIpc) is 2.98. The van der Waals surface area contributed by atoms with Gasteiger partial charge >= 0.3 is 0 Å². The van der Waals surface area contributed by atoms with E-state index in [1.54, 1.807) is 11.0 Å². The van der Waals surface area contributed by atoms with Crippen molar-refractivity contribution < 1.29 is 0 Å². The van der Waals surface area contributed by atoms with E-state index in [2.05, 4.69) is 25.5 Å². The Morgan fingerprint density at radius 1 is 1.38 bits per heavy atom. The third kappa shape index (κ3) is 1.32. The van der Waals surface area contributed by atoms with Crippen molar-refractivity contribution in [2.75, 3.05) is 5.43 Å². The summed E-state index contributed by atoms with van der Waals surface area (Å²) in [6, 6.07) is 1.94. The number of rotatable bonds is 2. The number of nitrogens with two attached hydrogens (primary N) is 1. The molecule has 0 unspecified atom stereocenters. The van der Waals surface area contributed by atoms with Gasteiger partial charge < -0.3 is 0 Å². The summed E-state index contributed by atoms with van der Waals surface area (Å²) in [6.45, 7) is 0. The lowest BCUT2D eigenvalue weighted by Crippen LogP contribution is -2.12. The van der Waals surface area contributed by atoms with Gasteiger partial charge in [-0.2, -0.15) is 10.1 Å². The van der Waals surface area contributed by atoms with Crippen molar-refractivity contribution in [1.29, 1.82) is 0 Å². The van der Waals surface area contributed by atoms with Crippen molar-refractivity contribution in [3.63, 3.8) is 0 Å². The van der Waals surface area contributed by atoms with E-state index < -0.39 is 0 Å². The highest BCUT2D eigenvalue weighted by molar-refractivity contribution is 7.16. The summed E-state index contributed by atoms with van der Waals surface area (Å²) >= 11 is 1.52. The maximum atomic E-state index is 5.32. The Kier molecular flexibility index (Phi) is 2.01. The third-order valence-electron chi connectivity index (χ3n) is 2.07. The molecule has 3 rings (SSSR count). The molecule has 0 radical (unpaired) electrons. The minimum atomic E-state index is 0.362. The average molecular weight is 233 g/mol. The highest BCUT2D eigenvalue weighted by Crippen LogP contribution is 2.24. The Morgan fingerprint density at radius 3 is 3.06 bits per heavy atom. The van der Waals surface area contributed by atoms with Gasteiger partial charge in [0.15, 0.2) is 5.82 Å². The summed E-state index contributed by atoms with van der Waals surface area (Å²) in [7, 11) is 0. The highest BCUT2D eigenvalue weighted by atomic mass is 32.1. The minimum absolute atomic E-state index is 0.362. The molecule has 0 saturated carbocycles. The number of nitrogens with zero attached hydrogens (tertiary/aromatic N) is 5. The molecule has 3 aromatic heterocycles. The number of nitrogens with one attached hydrogen (secondary N) is 1. The third-order valence-corrected chi connectivity index (χ3v) is 2.88. The Hall–Kier alpha value is -2.06. The van der Waals surface area contributed by atoms with Gasteiger partial charge in [-0.05, 0) is 11.4 Å². The van der Waals surface area contributed by atoms with Crippen LogP contribution in [0.3, 0.4) is 0 Å². The smallest absolute Gasteiger partial charge is 0.240 e. The second-order valence-electron chi connectivity index (χ2n) is 2.99. The van der Waals surface area contributed by atoms with Crippen LogP contribution in [0.25, 0.3) is 16.0 Å². The van der Waals surface area contributed by atoms with Crippen LogP contribution >= 0.6 is 11.3 Å². The van der Waals surface area contributed by atoms with Gasteiger partial charge in [-0.15, -0.1) is 11.3 Å². The van der Waals surface area contributed by atoms with Crippen LogP contribution in [-0.2, 0) is 0 Å². The maximum Gasteiger partial charge on any atom is 0.240 e. The zero-order valence-electron chi connectivity index (χ0n) is 8.03. The fourth-order valence-electron chi connectivity index (χ4n) is 1.40. The van der Waals surface area contributed by atoms with E-state index in [0.29, 0.717) is 11.8 Å². The minimum Gasteiger partial charge on any atom is -0.292 e. The SMILES string of the molecule is NNc1nc(-n2cncn2)c2ccsc2n1. The number of aromatic nitrogens is 5. The number of nitrogen functional groups attached to an aromatic ring is 1. The number of fused-ring (bicyclic) bond motifs is 1. The number of anilines is 1. The van der Waals surface area contributed by atoms with Crippen molar-refractivity contribution in [3.05, 3.63) is 24.1 Å². The Bertz CT molecular complexity index is 614. The Labute approximate surface area is 93.9 Å². The lowest BCUT2D eigenvalue weighted by Gasteiger charge is -2.04. The molecule has 0 aliphatic rings. The highest BCUT2D eigenvalue weighted by Gasteiger charge is 2.10. The molecule has 0 aliphatic heterocycles. The predicted octanol–water partition coefficient (Wildman–Crippen LogP) is 0.558. The zero-order valence-corrected chi connectivity index (χ0v) is 8.85. The summed E-state index contributed by atoms with van der Waals surface area (Å²) in [6.07, 6.45) is 3.04. The molecule has 16 heavy (non-hydrogen) atoms. The molecule has 0 aromatic carbocycles. The van der Waals surface area contributed by atoms with Crippen LogP contribution in [0, 0.1) is 0 Å². The van der Waals surface area contributed by atoms with Gasteiger partial charge in [0.2, 0.25) is 5.95 Å². The number of hydrazine groups is 1. The molecule has 3 heterocycles. The van der Waals surface area contributed by atoms with E-state index in [1.165, 1.54) is 17.7 Å².